The van der Waals surface area contributed by atoms with Crippen LogP contribution < -0.4 is 0 Å². The van der Waals surface area contributed by atoms with Gasteiger partial charge in [-0.3, -0.25) is 0 Å². The van der Waals surface area contributed by atoms with Crippen LogP contribution in [-0.4, -0.2) is 29.5 Å². The zero-order valence-corrected chi connectivity index (χ0v) is 14.0. The van der Waals surface area contributed by atoms with Crippen LogP contribution in [0, 0.1) is 0 Å². The van der Waals surface area contributed by atoms with Crippen LogP contribution in [0.2, 0.25) is 0 Å². The molecule has 4 rings (SSSR count). The topological polar surface area (TPSA) is 97.2 Å². The third kappa shape index (κ3) is 2.48. The highest BCUT2D eigenvalue weighted by atomic mass is 35.7. The number of para-hydroxylation sites is 1. The first-order valence-electron chi connectivity index (χ1n) is 7.16. The molecule has 4 aromatic rings. The van der Waals surface area contributed by atoms with E-state index in [2.05, 4.69) is 9.97 Å². The second kappa shape index (κ2) is 5.37. The van der Waals surface area contributed by atoms with Crippen molar-refractivity contribution in [3.63, 3.8) is 0 Å². The molecule has 1 heterocycles. The molecule has 25 heavy (non-hydrogen) atoms. The summed E-state index contributed by atoms with van der Waals surface area (Å²) in [4.78, 5) is 20.2. The van der Waals surface area contributed by atoms with Gasteiger partial charge in [0.25, 0.3) is 9.05 Å². The third-order valence-corrected chi connectivity index (χ3v) is 5.30. The second-order valence-electron chi connectivity index (χ2n) is 5.43. The van der Waals surface area contributed by atoms with Crippen LogP contribution in [0.15, 0.2) is 53.4 Å². The van der Waals surface area contributed by atoms with Gasteiger partial charge in [0.1, 0.15) is 5.52 Å². The summed E-state index contributed by atoms with van der Waals surface area (Å²) in [6, 6.07) is 12.8. The fourth-order valence-corrected chi connectivity index (χ4v) is 3.96. The second-order valence-corrected chi connectivity index (χ2v) is 7.96. The van der Waals surface area contributed by atoms with Crippen molar-refractivity contribution in [3.8, 4) is 0 Å². The Balaban J connectivity index is 2.28. The Kier molecular flexibility index (Phi) is 3.38. The van der Waals surface area contributed by atoms with Crippen molar-refractivity contribution in [1.29, 1.82) is 0 Å². The van der Waals surface area contributed by atoms with Gasteiger partial charge in [0.05, 0.1) is 27.0 Å². The SMILES string of the molecule is O=C(O)c1cccc2nc3ccc4cccc(S(=O)(=O)Cl)c4c3nc12. The van der Waals surface area contributed by atoms with Gasteiger partial charge in [-0.2, -0.15) is 0 Å². The first kappa shape index (κ1) is 15.7. The fraction of sp³-hybridized carbons (Fsp3) is 0. The van der Waals surface area contributed by atoms with E-state index in [1.807, 2.05) is 0 Å². The lowest BCUT2D eigenvalue weighted by Gasteiger charge is -2.09. The monoisotopic (exact) mass is 372 g/mol. The highest BCUT2D eigenvalue weighted by Gasteiger charge is 2.19. The van der Waals surface area contributed by atoms with Crippen LogP contribution in [0.25, 0.3) is 32.8 Å². The molecule has 0 bridgehead atoms. The Morgan fingerprint density at radius 1 is 0.920 bits per heavy atom. The summed E-state index contributed by atoms with van der Waals surface area (Å²) in [6.07, 6.45) is 0. The molecule has 6 nitrogen and oxygen atoms in total. The zero-order chi connectivity index (χ0) is 17.8. The maximum Gasteiger partial charge on any atom is 0.337 e. The van der Waals surface area contributed by atoms with Crippen molar-refractivity contribution in [3.05, 3.63) is 54.1 Å². The van der Waals surface area contributed by atoms with E-state index < -0.39 is 15.0 Å². The van der Waals surface area contributed by atoms with Crippen molar-refractivity contribution >= 4 is 58.5 Å². The Morgan fingerprint density at radius 3 is 2.36 bits per heavy atom. The molecule has 0 amide bonds. The number of carbonyl (C=O) groups is 1. The molecule has 1 aromatic heterocycles. The van der Waals surface area contributed by atoms with Crippen LogP contribution in [0.1, 0.15) is 10.4 Å². The Hall–Kier alpha value is -2.77. The molecule has 0 saturated heterocycles. The maximum absolute atomic E-state index is 12.0. The molecule has 1 N–H and O–H groups in total. The summed E-state index contributed by atoms with van der Waals surface area (Å²) in [5, 5.41) is 10.3. The summed E-state index contributed by atoms with van der Waals surface area (Å²) in [7, 11) is 1.56. The molecule has 8 heteroatoms. The van der Waals surface area contributed by atoms with Crippen molar-refractivity contribution < 1.29 is 18.3 Å². The minimum absolute atomic E-state index is 0.00452. The molecular formula is C17H9ClN2O4S. The summed E-state index contributed by atoms with van der Waals surface area (Å²) < 4.78 is 23.9. The van der Waals surface area contributed by atoms with Gasteiger partial charge < -0.3 is 5.11 Å². The van der Waals surface area contributed by atoms with Crippen LogP contribution in [0.5, 0.6) is 0 Å². The number of halogens is 1. The average Bonchev–Trinajstić information content (AvgIpc) is 2.57. The number of carboxylic acids is 1. The van der Waals surface area contributed by atoms with E-state index in [0.29, 0.717) is 27.3 Å². The van der Waals surface area contributed by atoms with Gasteiger partial charge in [-0.25, -0.2) is 23.2 Å². The van der Waals surface area contributed by atoms with E-state index in [-0.39, 0.29) is 16.0 Å². The molecule has 0 unspecified atom stereocenters. The molecule has 0 aliphatic carbocycles. The molecule has 0 radical (unpaired) electrons. The first-order chi connectivity index (χ1) is 11.9. The predicted molar refractivity (Wildman–Crippen MR) is 94.5 cm³/mol. The Morgan fingerprint density at radius 2 is 1.64 bits per heavy atom. The normalized spacial score (nSPS) is 12.0. The van der Waals surface area contributed by atoms with Gasteiger partial charge in [0, 0.05) is 16.1 Å². The number of benzene rings is 3. The van der Waals surface area contributed by atoms with Crippen LogP contribution in [0.3, 0.4) is 0 Å². The highest BCUT2D eigenvalue weighted by molar-refractivity contribution is 8.14. The number of fused-ring (bicyclic) bond motifs is 4. The number of nitrogens with zero attached hydrogens (tertiary/aromatic N) is 2. The molecule has 0 aliphatic rings. The molecule has 124 valence electrons. The Bertz CT molecular complexity index is 1300. The van der Waals surface area contributed by atoms with Gasteiger partial charge in [-0.1, -0.05) is 24.3 Å². The third-order valence-electron chi connectivity index (χ3n) is 3.93. The van der Waals surface area contributed by atoms with Gasteiger partial charge in [-0.05, 0) is 29.7 Å². The largest absolute Gasteiger partial charge is 0.478 e. The molecule has 0 saturated carbocycles. The molecule has 0 spiro atoms. The number of hydrogen-bond donors (Lipinski definition) is 1. The van der Waals surface area contributed by atoms with E-state index >= 15 is 0 Å². The van der Waals surface area contributed by atoms with Gasteiger partial charge in [-0.15, -0.1) is 0 Å². The summed E-state index contributed by atoms with van der Waals surface area (Å²) >= 11 is 0. The molecule has 0 fully saturated rings. The van der Waals surface area contributed by atoms with Crippen LogP contribution in [-0.2, 0) is 9.05 Å². The number of hydrogen-bond acceptors (Lipinski definition) is 5. The van der Waals surface area contributed by atoms with Crippen molar-refractivity contribution in [2.24, 2.45) is 0 Å². The molecule has 0 atom stereocenters. The standard InChI is InChI=1S/C17H9ClN2O4S/c18-25(23,24)13-6-1-3-9-7-8-12-16(14(9)13)20-15-10(17(21)22)4-2-5-11(15)19-12/h1-8H,(H,21,22). The minimum atomic E-state index is -4.01. The Labute approximate surface area is 146 Å². The molecule has 0 aliphatic heterocycles. The van der Waals surface area contributed by atoms with Crippen LogP contribution >= 0.6 is 10.7 Å². The summed E-state index contributed by atoms with van der Waals surface area (Å²) in [5.74, 6) is -1.13. The number of carboxylic acid groups (broad SMARTS) is 1. The predicted octanol–water partition coefficient (Wildman–Crippen LogP) is 3.56. The van der Waals surface area contributed by atoms with Gasteiger partial charge in [0.2, 0.25) is 0 Å². The van der Waals surface area contributed by atoms with E-state index in [9.17, 15) is 18.3 Å². The van der Waals surface area contributed by atoms with Crippen molar-refractivity contribution in [2.45, 2.75) is 4.90 Å². The van der Waals surface area contributed by atoms with E-state index in [0.717, 1.165) is 0 Å². The lowest BCUT2D eigenvalue weighted by atomic mass is 10.1. The number of aromatic nitrogens is 2. The highest BCUT2D eigenvalue weighted by Crippen LogP contribution is 2.32. The smallest absolute Gasteiger partial charge is 0.337 e. The van der Waals surface area contributed by atoms with E-state index in [4.69, 9.17) is 10.7 Å². The number of rotatable bonds is 2. The van der Waals surface area contributed by atoms with Crippen LogP contribution in [0.4, 0.5) is 0 Å². The molecule has 3 aromatic carbocycles. The molecular weight excluding hydrogens is 364 g/mol. The van der Waals surface area contributed by atoms with E-state index in [1.54, 1.807) is 36.4 Å². The lowest BCUT2D eigenvalue weighted by molar-refractivity contribution is 0.0699. The van der Waals surface area contributed by atoms with Crippen molar-refractivity contribution in [1.82, 2.24) is 9.97 Å². The summed E-state index contributed by atoms with van der Waals surface area (Å²) in [6.45, 7) is 0. The summed E-state index contributed by atoms with van der Waals surface area (Å²) in [5.41, 5.74) is 1.35. The maximum atomic E-state index is 12.0. The van der Waals surface area contributed by atoms with Crippen molar-refractivity contribution in [2.75, 3.05) is 0 Å². The first-order valence-corrected chi connectivity index (χ1v) is 9.47. The average molecular weight is 373 g/mol. The quantitative estimate of drug-likeness (QED) is 0.328. The lowest BCUT2D eigenvalue weighted by Crippen LogP contribution is -2.01. The fourth-order valence-electron chi connectivity index (χ4n) is 2.88. The van der Waals surface area contributed by atoms with Gasteiger partial charge in [0.15, 0.2) is 0 Å². The van der Waals surface area contributed by atoms with Gasteiger partial charge >= 0.3 is 5.97 Å². The number of aromatic carboxylic acids is 1. The zero-order valence-electron chi connectivity index (χ0n) is 12.5. The van der Waals surface area contributed by atoms with E-state index in [1.165, 1.54) is 12.1 Å². The minimum Gasteiger partial charge on any atom is -0.478 e.